The van der Waals surface area contributed by atoms with E-state index in [0.717, 1.165) is 28.1 Å². The Morgan fingerprint density at radius 2 is 1.96 bits per heavy atom. The lowest BCUT2D eigenvalue weighted by Crippen LogP contribution is -2.28. The van der Waals surface area contributed by atoms with Crippen molar-refractivity contribution in [1.82, 2.24) is 4.90 Å². The third-order valence-electron chi connectivity index (χ3n) is 4.48. The number of aryl methyl sites for hydroxylation is 2. The minimum atomic E-state index is -0.0239. The number of hydrogen-bond acceptors (Lipinski definition) is 5. The Balaban J connectivity index is 1.67. The molecular formula is C21H20N2O3S. The van der Waals surface area contributed by atoms with Gasteiger partial charge >= 0.3 is 0 Å². The second-order valence-electron chi connectivity index (χ2n) is 6.46. The highest BCUT2D eigenvalue weighted by Gasteiger charge is 2.32. The van der Waals surface area contributed by atoms with Crippen LogP contribution < -0.4 is 9.47 Å². The van der Waals surface area contributed by atoms with Crippen LogP contribution in [-0.4, -0.2) is 29.3 Å². The van der Waals surface area contributed by atoms with Gasteiger partial charge in [0.15, 0.2) is 16.7 Å². The molecule has 1 fully saturated rings. The van der Waals surface area contributed by atoms with Gasteiger partial charge in [-0.25, -0.2) is 4.99 Å². The number of carbonyl (C=O) groups excluding carboxylic acids is 1. The van der Waals surface area contributed by atoms with Gasteiger partial charge in [0, 0.05) is 6.54 Å². The summed E-state index contributed by atoms with van der Waals surface area (Å²) in [6, 6.07) is 11.8. The standard InChI is InChI=1S/C21H20N2O3S/c1-4-23-20(24)19(11-15-7-8-17-18(10-15)26-12-25-17)27-21(23)22-16-9-13(2)5-6-14(16)3/h5-11H,4,12H2,1-3H3/b19-11+,22-21?. The molecule has 2 aliphatic rings. The molecule has 2 aromatic carbocycles. The molecule has 1 amide bonds. The average molecular weight is 380 g/mol. The molecule has 0 aliphatic carbocycles. The second-order valence-corrected chi connectivity index (χ2v) is 7.47. The molecule has 138 valence electrons. The monoisotopic (exact) mass is 380 g/mol. The van der Waals surface area contributed by atoms with E-state index in [1.165, 1.54) is 11.8 Å². The van der Waals surface area contributed by atoms with Crippen molar-refractivity contribution in [2.24, 2.45) is 4.99 Å². The van der Waals surface area contributed by atoms with E-state index < -0.39 is 0 Å². The van der Waals surface area contributed by atoms with E-state index in [-0.39, 0.29) is 12.7 Å². The lowest BCUT2D eigenvalue weighted by molar-refractivity contribution is -0.122. The molecule has 2 aliphatic heterocycles. The molecule has 0 atom stereocenters. The summed E-state index contributed by atoms with van der Waals surface area (Å²) in [5, 5.41) is 0.711. The number of amidine groups is 1. The van der Waals surface area contributed by atoms with E-state index in [0.29, 0.717) is 22.4 Å². The summed E-state index contributed by atoms with van der Waals surface area (Å²) in [5.74, 6) is 1.41. The smallest absolute Gasteiger partial charge is 0.266 e. The Labute approximate surface area is 162 Å². The average Bonchev–Trinajstić information content (AvgIpc) is 3.22. The predicted molar refractivity (Wildman–Crippen MR) is 109 cm³/mol. The maximum absolute atomic E-state index is 12.8. The first-order chi connectivity index (χ1) is 13.0. The van der Waals surface area contributed by atoms with Gasteiger partial charge in [-0.05, 0) is 73.5 Å². The zero-order valence-electron chi connectivity index (χ0n) is 15.5. The fraction of sp³-hybridized carbons (Fsp3) is 0.238. The number of likely N-dealkylation sites (N-methyl/N-ethyl adjacent to an activating group) is 1. The van der Waals surface area contributed by atoms with Crippen molar-refractivity contribution in [1.29, 1.82) is 0 Å². The summed E-state index contributed by atoms with van der Waals surface area (Å²) in [7, 11) is 0. The molecule has 0 unspecified atom stereocenters. The van der Waals surface area contributed by atoms with Gasteiger partial charge < -0.3 is 9.47 Å². The minimum Gasteiger partial charge on any atom is -0.454 e. The lowest BCUT2D eigenvalue weighted by Gasteiger charge is -2.12. The highest BCUT2D eigenvalue weighted by atomic mass is 32.2. The predicted octanol–water partition coefficient (Wildman–Crippen LogP) is 4.66. The molecule has 0 aromatic heterocycles. The highest BCUT2D eigenvalue weighted by Crippen LogP contribution is 2.37. The summed E-state index contributed by atoms with van der Waals surface area (Å²) in [6.07, 6.45) is 1.88. The number of amides is 1. The van der Waals surface area contributed by atoms with Crippen LogP contribution in [0.3, 0.4) is 0 Å². The van der Waals surface area contributed by atoms with E-state index >= 15 is 0 Å². The molecular weight excluding hydrogens is 360 g/mol. The van der Waals surface area contributed by atoms with Crippen molar-refractivity contribution in [3.8, 4) is 11.5 Å². The zero-order valence-corrected chi connectivity index (χ0v) is 16.3. The van der Waals surface area contributed by atoms with Crippen LogP contribution in [0.25, 0.3) is 6.08 Å². The maximum atomic E-state index is 12.8. The number of hydrogen-bond donors (Lipinski definition) is 0. The van der Waals surface area contributed by atoms with E-state index in [4.69, 9.17) is 14.5 Å². The van der Waals surface area contributed by atoms with Crippen LogP contribution >= 0.6 is 11.8 Å². The van der Waals surface area contributed by atoms with E-state index in [1.807, 2.05) is 51.1 Å². The van der Waals surface area contributed by atoms with Gasteiger partial charge in [0.05, 0.1) is 10.6 Å². The van der Waals surface area contributed by atoms with Crippen LogP contribution in [0.15, 0.2) is 46.3 Å². The molecule has 0 radical (unpaired) electrons. The van der Waals surface area contributed by atoms with E-state index in [9.17, 15) is 4.79 Å². The van der Waals surface area contributed by atoms with Crippen LogP contribution in [-0.2, 0) is 4.79 Å². The summed E-state index contributed by atoms with van der Waals surface area (Å²) in [5.41, 5.74) is 4.03. The molecule has 6 heteroatoms. The van der Waals surface area contributed by atoms with Crippen molar-refractivity contribution < 1.29 is 14.3 Å². The molecule has 0 N–H and O–H groups in total. The van der Waals surface area contributed by atoms with Gasteiger partial charge in [-0.3, -0.25) is 9.69 Å². The van der Waals surface area contributed by atoms with Gasteiger partial charge in [-0.2, -0.15) is 0 Å². The second kappa shape index (κ2) is 7.12. The first-order valence-corrected chi connectivity index (χ1v) is 9.64. The van der Waals surface area contributed by atoms with Gasteiger partial charge in [0.1, 0.15) is 0 Å². The van der Waals surface area contributed by atoms with Gasteiger partial charge in [-0.15, -0.1) is 0 Å². The number of carbonyl (C=O) groups is 1. The summed E-state index contributed by atoms with van der Waals surface area (Å²) in [6.45, 7) is 6.84. The van der Waals surface area contributed by atoms with Crippen LogP contribution in [0.4, 0.5) is 5.69 Å². The lowest BCUT2D eigenvalue weighted by atomic mass is 10.1. The van der Waals surface area contributed by atoms with Crippen molar-refractivity contribution in [2.45, 2.75) is 20.8 Å². The van der Waals surface area contributed by atoms with Crippen LogP contribution in [0.5, 0.6) is 11.5 Å². The molecule has 2 heterocycles. The number of rotatable bonds is 3. The fourth-order valence-corrected chi connectivity index (χ4v) is 4.02. The van der Waals surface area contributed by atoms with Gasteiger partial charge in [0.25, 0.3) is 5.91 Å². The summed E-state index contributed by atoms with van der Waals surface area (Å²) in [4.78, 5) is 20.0. The Hall–Kier alpha value is -2.73. The minimum absolute atomic E-state index is 0.0239. The van der Waals surface area contributed by atoms with Crippen molar-refractivity contribution in [3.05, 3.63) is 58.0 Å². The molecule has 4 rings (SSSR count). The Morgan fingerprint density at radius 1 is 1.15 bits per heavy atom. The summed E-state index contributed by atoms with van der Waals surface area (Å²) >= 11 is 1.40. The first kappa shape index (κ1) is 17.7. The normalized spacial score (nSPS) is 18.8. The molecule has 0 bridgehead atoms. The molecule has 0 spiro atoms. The Kier molecular flexibility index (Phi) is 4.66. The first-order valence-electron chi connectivity index (χ1n) is 8.82. The molecule has 5 nitrogen and oxygen atoms in total. The molecule has 0 saturated carbocycles. The molecule has 2 aromatic rings. The van der Waals surface area contributed by atoms with Crippen LogP contribution in [0, 0.1) is 13.8 Å². The van der Waals surface area contributed by atoms with Crippen LogP contribution in [0.1, 0.15) is 23.6 Å². The van der Waals surface area contributed by atoms with Crippen molar-refractivity contribution in [2.75, 3.05) is 13.3 Å². The van der Waals surface area contributed by atoms with Gasteiger partial charge in [-0.1, -0.05) is 18.2 Å². The Bertz CT molecular complexity index is 981. The SMILES string of the molecule is CCN1C(=O)/C(=C\c2ccc3c(c2)OCO3)SC1=Nc1cc(C)ccc1C. The largest absolute Gasteiger partial charge is 0.454 e. The van der Waals surface area contributed by atoms with E-state index in [1.54, 1.807) is 4.90 Å². The van der Waals surface area contributed by atoms with Crippen molar-refractivity contribution >= 4 is 34.6 Å². The summed E-state index contributed by atoms with van der Waals surface area (Å²) < 4.78 is 10.8. The topological polar surface area (TPSA) is 51.1 Å². The third-order valence-corrected chi connectivity index (χ3v) is 5.49. The highest BCUT2D eigenvalue weighted by molar-refractivity contribution is 8.18. The van der Waals surface area contributed by atoms with Crippen LogP contribution in [0.2, 0.25) is 0 Å². The number of thioether (sulfide) groups is 1. The van der Waals surface area contributed by atoms with E-state index in [2.05, 4.69) is 12.1 Å². The number of ether oxygens (including phenoxy) is 2. The third kappa shape index (κ3) is 3.45. The fourth-order valence-electron chi connectivity index (χ4n) is 2.97. The number of benzene rings is 2. The Morgan fingerprint density at radius 3 is 2.78 bits per heavy atom. The van der Waals surface area contributed by atoms with Crippen molar-refractivity contribution in [3.63, 3.8) is 0 Å². The number of aliphatic imine (C=N–C) groups is 1. The molecule has 1 saturated heterocycles. The zero-order chi connectivity index (χ0) is 19.0. The quantitative estimate of drug-likeness (QED) is 0.727. The number of fused-ring (bicyclic) bond motifs is 1. The maximum Gasteiger partial charge on any atom is 0.266 e. The number of nitrogens with zero attached hydrogens (tertiary/aromatic N) is 2. The van der Waals surface area contributed by atoms with Gasteiger partial charge in [0.2, 0.25) is 6.79 Å². The molecule has 27 heavy (non-hydrogen) atoms.